The first-order valence-electron chi connectivity index (χ1n) is 7.86. The van der Waals surface area contributed by atoms with Gasteiger partial charge in [-0.2, -0.15) is 0 Å². The Morgan fingerprint density at radius 2 is 2.12 bits per heavy atom. The molecular weight excluding hydrogens is 354 g/mol. The molecule has 1 N–H and O–H groups in total. The quantitative estimate of drug-likeness (QED) is 0.663. The van der Waals surface area contributed by atoms with Crippen molar-refractivity contribution in [3.63, 3.8) is 0 Å². The summed E-state index contributed by atoms with van der Waals surface area (Å²) in [6.45, 7) is 5.41. The minimum Gasteiger partial charge on any atom is -0.489 e. The summed E-state index contributed by atoms with van der Waals surface area (Å²) in [6.07, 6.45) is 0. The van der Waals surface area contributed by atoms with Crippen LogP contribution in [-0.4, -0.2) is 21.8 Å². The molecule has 0 saturated carbocycles. The Balaban J connectivity index is 1.68. The molecule has 134 valence electrons. The maximum Gasteiger partial charge on any atom is 0.257 e. The Morgan fingerprint density at radius 1 is 1.31 bits per heavy atom. The van der Waals surface area contributed by atoms with E-state index in [1.807, 2.05) is 13.8 Å². The molecule has 0 aliphatic heterocycles. The molecule has 1 aromatic carbocycles. The first-order valence-corrected chi connectivity index (χ1v) is 8.74. The predicted octanol–water partition coefficient (Wildman–Crippen LogP) is 3.78. The molecule has 3 rings (SSSR count). The number of hydrogen-bond donors (Lipinski definition) is 1. The molecule has 26 heavy (non-hydrogen) atoms. The third-order valence-electron chi connectivity index (χ3n) is 3.75. The fraction of sp³-hybridized carbons (Fsp3) is 0.222. The normalized spacial score (nSPS) is 10.6. The number of rotatable bonds is 6. The Kier molecular flexibility index (Phi) is 5.13. The number of nitrogens with zero attached hydrogens (tertiary/aromatic N) is 2. The second-order valence-electron chi connectivity index (χ2n) is 5.67. The maximum atomic E-state index is 12.4. The van der Waals surface area contributed by atoms with Crippen molar-refractivity contribution in [2.45, 2.75) is 27.4 Å². The summed E-state index contributed by atoms with van der Waals surface area (Å²) in [5.41, 5.74) is 2.43. The van der Waals surface area contributed by atoms with Crippen LogP contribution in [0.15, 0.2) is 34.2 Å². The van der Waals surface area contributed by atoms with Crippen LogP contribution in [0.3, 0.4) is 0 Å². The highest BCUT2D eigenvalue weighted by molar-refractivity contribution is 7.14. The van der Waals surface area contributed by atoms with E-state index in [2.05, 4.69) is 15.5 Å². The zero-order valence-corrected chi connectivity index (χ0v) is 15.3. The minimum atomic E-state index is -0.322. The Labute approximate surface area is 154 Å². The molecule has 0 saturated heterocycles. The highest BCUT2D eigenvalue weighted by Crippen LogP contribution is 2.20. The number of ketones is 1. The number of ether oxygens (including phenoxy) is 1. The van der Waals surface area contributed by atoms with Gasteiger partial charge in [0.05, 0.1) is 11.3 Å². The number of aromatic nitrogens is 2. The van der Waals surface area contributed by atoms with Gasteiger partial charge in [-0.05, 0) is 32.0 Å². The zero-order chi connectivity index (χ0) is 18.7. The van der Waals surface area contributed by atoms with Crippen molar-refractivity contribution in [3.05, 3.63) is 57.9 Å². The highest BCUT2D eigenvalue weighted by atomic mass is 32.1. The van der Waals surface area contributed by atoms with Crippen molar-refractivity contribution in [3.8, 4) is 5.75 Å². The number of nitrogens with one attached hydrogen (secondary N) is 1. The average molecular weight is 371 g/mol. The molecule has 0 atom stereocenters. The van der Waals surface area contributed by atoms with Crippen LogP contribution in [0, 0.1) is 13.8 Å². The molecule has 2 heterocycles. The molecule has 0 aliphatic carbocycles. The Hall–Kier alpha value is -3.00. The molecule has 0 bridgehead atoms. The van der Waals surface area contributed by atoms with Crippen LogP contribution in [0.4, 0.5) is 5.13 Å². The Bertz CT molecular complexity index is 942. The summed E-state index contributed by atoms with van der Waals surface area (Å²) in [6, 6.07) is 6.83. The van der Waals surface area contributed by atoms with E-state index in [4.69, 9.17) is 9.26 Å². The van der Waals surface area contributed by atoms with E-state index in [-0.39, 0.29) is 11.7 Å². The van der Waals surface area contributed by atoms with Gasteiger partial charge in [0, 0.05) is 17.9 Å². The van der Waals surface area contributed by atoms with Crippen LogP contribution >= 0.6 is 11.3 Å². The molecule has 0 fully saturated rings. The summed E-state index contributed by atoms with van der Waals surface area (Å²) in [5.74, 6) is 0.802. The van der Waals surface area contributed by atoms with E-state index >= 15 is 0 Å². The molecule has 1 amide bonds. The van der Waals surface area contributed by atoms with E-state index in [0.29, 0.717) is 34.5 Å². The molecule has 3 aromatic rings. The molecule has 0 radical (unpaired) electrons. The number of carbonyl (C=O) groups is 2. The van der Waals surface area contributed by atoms with Gasteiger partial charge in [-0.15, -0.1) is 11.3 Å². The number of aryl methyl sites for hydroxylation is 2. The van der Waals surface area contributed by atoms with Crippen LogP contribution in [0.25, 0.3) is 0 Å². The third-order valence-corrected chi connectivity index (χ3v) is 4.50. The summed E-state index contributed by atoms with van der Waals surface area (Å²) in [7, 11) is 0. The number of benzene rings is 1. The van der Waals surface area contributed by atoms with Gasteiger partial charge in [0.2, 0.25) is 0 Å². The largest absolute Gasteiger partial charge is 0.489 e. The highest BCUT2D eigenvalue weighted by Gasteiger charge is 2.13. The molecule has 0 spiro atoms. The number of carbonyl (C=O) groups excluding carboxylic acids is 2. The van der Waals surface area contributed by atoms with Crippen molar-refractivity contribution in [1.82, 2.24) is 10.1 Å². The van der Waals surface area contributed by atoms with Crippen molar-refractivity contribution >= 4 is 28.2 Å². The lowest BCUT2D eigenvalue weighted by Gasteiger charge is -2.08. The van der Waals surface area contributed by atoms with Crippen LogP contribution in [-0.2, 0) is 6.61 Å². The van der Waals surface area contributed by atoms with E-state index in [1.54, 1.807) is 29.6 Å². The number of thiazole rings is 1. The van der Waals surface area contributed by atoms with Crippen molar-refractivity contribution in [1.29, 1.82) is 0 Å². The van der Waals surface area contributed by atoms with Gasteiger partial charge in [0.15, 0.2) is 10.9 Å². The van der Waals surface area contributed by atoms with E-state index < -0.39 is 0 Å². The first-order chi connectivity index (χ1) is 12.4. The van der Waals surface area contributed by atoms with E-state index in [1.165, 1.54) is 18.3 Å². The van der Waals surface area contributed by atoms with E-state index in [0.717, 1.165) is 11.3 Å². The number of anilines is 1. The van der Waals surface area contributed by atoms with Crippen molar-refractivity contribution in [2.24, 2.45) is 0 Å². The fourth-order valence-corrected chi connectivity index (χ4v) is 3.00. The fourth-order valence-electron chi connectivity index (χ4n) is 2.25. The lowest BCUT2D eigenvalue weighted by molar-refractivity contribution is 0.100. The second kappa shape index (κ2) is 7.49. The summed E-state index contributed by atoms with van der Waals surface area (Å²) in [5, 5.41) is 8.56. The van der Waals surface area contributed by atoms with Crippen LogP contribution in [0.5, 0.6) is 5.75 Å². The van der Waals surface area contributed by atoms with Crippen LogP contribution in [0.2, 0.25) is 0 Å². The smallest absolute Gasteiger partial charge is 0.257 e. The van der Waals surface area contributed by atoms with E-state index in [9.17, 15) is 9.59 Å². The van der Waals surface area contributed by atoms with Gasteiger partial charge in [0.1, 0.15) is 23.8 Å². The number of amides is 1. The molecule has 7 nitrogen and oxygen atoms in total. The van der Waals surface area contributed by atoms with Crippen molar-refractivity contribution in [2.75, 3.05) is 5.32 Å². The molecule has 0 aliphatic rings. The standard InChI is InChI=1S/C18H17N3O4S/c1-10-15(12(3)25-21-10)8-24-14-6-4-5-13(7-14)17(23)20-18-19-16(9-26-18)11(2)22/h4-7,9H,8H2,1-3H3,(H,19,20,23). The lowest BCUT2D eigenvalue weighted by Crippen LogP contribution is -2.12. The number of hydrogen-bond acceptors (Lipinski definition) is 7. The molecular formula is C18H17N3O4S. The summed E-state index contributed by atoms with van der Waals surface area (Å²) < 4.78 is 10.9. The number of Topliss-reactive ketones (excluding diaryl/α,β-unsaturated/α-hetero) is 1. The zero-order valence-electron chi connectivity index (χ0n) is 14.5. The van der Waals surface area contributed by atoms with Crippen LogP contribution in [0.1, 0.15) is 44.8 Å². The van der Waals surface area contributed by atoms with Gasteiger partial charge in [0.25, 0.3) is 5.91 Å². The van der Waals surface area contributed by atoms with Gasteiger partial charge in [-0.1, -0.05) is 11.2 Å². The maximum absolute atomic E-state index is 12.4. The predicted molar refractivity (Wildman–Crippen MR) is 96.8 cm³/mol. The van der Waals surface area contributed by atoms with Crippen molar-refractivity contribution < 1.29 is 18.8 Å². The lowest BCUT2D eigenvalue weighted by atomic mass is 10.2. The minimum absolute atomic E-state index is 0.142. The summed E-state index contributed by atoms with van der Waals surface area (Å²) in [4.78, 5) is 27.7. The van der Waals surface area contributed by atoms with Gasteiger partial charge in [-0.3, -0.25) is 14.9 Å². The topological polar surface area (TPSA) is 94.3 Å². The van der Waals surface area contributed by atoms with Gasteiger partial charge >= 0.3 is 0 Å². The molecule has 0 unspecified atom stereocenters. The van der Waals surface area contributed by atoms with Crippen LogP contribution < -0.4 is 10.1 Å². The van der Waals surface area contributed by atoms with Gasteiger partial charge < -0.3 is 9.26 Å². The first kappa shape index (κ1) is 17.8. The molecule has 2 aromatic heterocycles. The SMILES string of the molecule is CC(=O)c1csc(NC(=O)c2cccc(OCc3c(C)noc3C)c2)n1. The molecule has 8 heteroatoms. The third kappa shape index (κ3) is 3.97. The van der Waals surface area contributed by atoms with Gasteiger partial charge in [-0.25, -0.2) is 4.98 Å². The second-order valence-corrected chi connectivity index (χ2v) is 6.53. The Morgan fingerprint density at radius 3 is 2.77 bits per heavy atom. The average Bonchev–Trinajstić information content (AvgIpc) is 3.21. The monoisotopic (exact) mass is 371 g/mol. The summed E-state index contributed by atoms with van der Waals surface area (Å²) >= 11 is 1.20.